The van der Waals surface area contributed by atoms with E-state index in [0.29, 0.717) is 11.3 Å². The minimum Gasteiger partial charge on any atom is -0.349 e. The Balaban J connectivity index is 1.26. The van der Waals surface area contributed by atoms with Crippen molar-refractivity contribution in [2.24, 2.45) is 0 Å². The fraction of sp³-hybridized carbons (Fsp3) is 0.348. The summed E-state index contributed by atoms with van der Waals surface area (Å²) < 4.78 is 39.3. The third kappa shape index (κ3) is 5.53. The second-order valence-electron chi connectivity index (χ2n) is 7.89. The van der Waals surface area contributed by atoms with E-state index in [1.54, 1.807) is 36.7 Å². The van der Waals surface area contributed by atoms with Gasteiger partial charge in [0.2, 0.25) is 0 Å². The number of nitrogens with zero attached hydrogens (tertiary/aromatic N) is 4. The largest absolute Gasteiger partial charge is 0.435 e. The first-order valence-electron chi connectivity index (χ1n) is 10.5. The lowest BCUT2D eigenvalue weighted by Gasteiger charge is -2.32. The van der Waals surface area contributed by atoms with E-state index in [2.05, 4.69) is 20.3 Å². The molecule has 0 radical (unpaired) electrons. The highest BCUT2D eigenvalue weighted by Crippen LogP contribution is 2.27. The van der Waals surface area contributed by atoms with E-state index >= 15 is 0 Å². The number of likely N-dealkylation sites (tertiary alicyclic amines) is 1. The second kappa shape index (κ2) is 9.52. The van der Waals surface area contributed by atoms with Crippen molar-refractivity contribution in [1.82, 2.24) is 25.0 Å². The minimum absolute atomic E-state index is 0.111. The predicted molar refractivity (Wildman–Crippen MR) is 113 cm³/mol. The van der Waals surface area contributed by atoms with E-state index < -0.39 is 11.9 Å². The minimum atomic E-state index is -4.49. The number of carbonyl (C=O) groups excluding carboxylic acids is 1. The van der Waals surface area contributed by atoms with Crippen LogP contribution in [-0.2, 0) is 12.6 Å². The van der Waals surface area contributed by atoms with Crippen LogP contribution in [0.3, 0.4) is 0 Å². The maximum Gasteiger partial charge on any atom is 0.435 e. The Morgan fingerprint density at radius 3 is 2.34 bits per heavy atom. The van der Waals surface area contributed by atoms with Crippen LogP contribution in [-0.4, -0.2) is 51.2 Å². The summed E-state index contributed by atoms with van der Waals surface area (Å²) in [5.41, 5.74) is 1.24. The van der Waals surface area contributed by atoms with Crippen molar-refractivity contribution >= 4 is 5.91 Å². The summed E-state index contributed by atoms with van der Waals surface area (Å²) in [6, 6.07) is 11.5. The van der Waals surface area contributed by atoms with Gasteiger partial charge in [0.25, 0.3) is 5.91 Å². The van der Waals surface area contributed by atoms with Crippen LogP contribution in [0.5, 0.6) is 0 Å². The van der Waals surface area contributed by atoms with Gasteiger partial charge in [-0.1, -0.05) is 0 Å². The fourth-order valence-electron chi connectivity index (χ4n) is 3.79. The Bertz CT molecular complexity index is 1030. The number of rotatable bonds is 6. The van der Waals surface area contributed by atoms with Crippen molar-refractivity contribution in [2.45, 2.75) is 31.5 Å². The van der Waals surface area contributed by atoms with Crippen LogP contribution in [0, 0.1) is 0 Å². The Labute approximate surface area is 184 Å². The highest BCUT2D eigenvalue weighted by molar-refractivity contribution is 5.94. The maximum absolute atomic E-state index is 12.7. The first-order valence-corrected chi connectivity index (χ1v) is 10.5. The van der Waals surface area contributed by atoms with E-state index in [0.717, 1.165) is 49.6 Å². The van der Waals surface area contributed by atoms with Crippen molar-refractivity contribution in [1.29, 1.82) is 0 Å². The van der Waals surface area contributed by atoms with Gasteiger partial charge in [0.15, 0.2) is 5.69 Å². The Morgan fingerprint density at radius 2 is 1.72 bits per heavy atom. The third-order valence-corrected chi connectivity index (χ3v) is 5.66. The normalized spacial score (nSPS) is 15.6. The van der Waals surface area contributed by atoms with Crippen molar-refractivity contribution in [3.05, 3.63) is 77.9 Å². The summed E-state index contributed by atoms with van der Waals surface area (Å²) in [5, 5.41) is 6.61. The van der Waals surface area contributed by atoms with Gasteiger partial charge in [-0.25, -0.2) is 4.68 Å². The molecule has 6 nitrogen and oxygen atoms in total. The SMILES string of the molecule is O=C(NC1CCN(CCc2ccncc2)CC1)c1ccc(-n2ccc(C(F)(F)F)n2)cc1. The van der Waals surface area contributed by atoms with Crippen LogP contribution >= 0.6 is 0 Å². The number of hydrogen-bond acceptors (Lipinski definition) is 4. The Morgan fingerprint density at radius 1 is 1.03 bits per heavy atom. The molecule has 168 valence electrons. The van der Waals surface area contributed by atoms with Gasteiger partial charge in [-0.05, 0) is 67.3 Å². The summed E-state index contributed by atoms with van der Waals surface area (Å²) in [5.74, 6) is -0.178. The summed E-state index contributed by atoms with van der Waals surface area (Å²) in [7, 11) is 0. The summed E-state index contributed by atoms with van der Waals surface area (Å²) in [4.78, 5) is 19.0. The van der Waals surface area contributed by atoms with Crippen molar-refractivity contribution in [3.63, 3.8) is 0 Å². The zero-order valence-electron chi connectivity index (χ0n) is 17.4. The Hall–Kier alpha value is -3.20. The summed E-state index contributed by atoms with van der Waals surface area (Å²) in [6.07, 6.45) is 3.12. The molecule has 1 aliphatic rings. The lowest BCUT2D eigenvalue weighted by Crippen LogP contribution is -2.45. The van der Waals surface area contributed by atoms with E-state index in [-0.39, 0.29) is 11.9 Å². The van der Waals surface area contributed by atoms with E-state index in [9.17, 15) is 18.0 Å². The van der Waals surface area contributed by atoms with Crippen molar-refractivity contribution in [2.75, 3.05) is 19.6 Å². The van der Waals surface area contributed by atoms with Crippen molar-refractivity contribution < 1.29 is 18.0 Å². The van der Waals surface area contributed by atoms with Gasteiger partial charge in [-0.3, -0.25) is 9.78 Å². The lowest BCUT2D eigenvalue weighted by molar-refractivity contribution is -0.141. The molecule has 0 atom stereocenters. The highest BCUT2D eigenvalue weighted by atomic mass is 19.4. The number of alkyl halides is 3. The molecule has 0 spiro atoms. The Kier molecular flexibility index (Phi) is 6.55. The quantitative estimate of drug-likeness (QED) is 0.631. The number of benzene rings is 1. The number of aromatic nitrogens is 3. The highest BCUT2D eigenvalue weighted by Gasteiger charge is 2.33. The number of nitrogens with one attached hydrogen (secondary N) is 1. The standard InChI is InChI=1S/C23H24F3N5O/c24-23(25,26)21-10-16-31(29-21)20-3-1-18(2-4-20)22(32)28-19-8-14-30(15-9-19)13-7-17-5-11-27-12-6-17/h1-6,10-12,16,19H,7-9,13-15H2,(H,28,32). The van der Waals surface area contributed by atoms with E-state index in [4.69, 9.17) is 0 Å². The summed E-state index contributed by atoms with van der Waals surface area (Å²) >= 11 is 0. The van der Waals surface area contributed by atoms with Crippen LogP contribution in [0.4, 0.5) is 13.2 Å². The molecule has 4 rings (SSSR count). The molecule has 0 aliphatic carbocycles. The predicted octanol–water partition coefficient (Wildman–Crippen LogP) is 3.72. The molecule has 1 fully saturated rings. The lowest BCUT2D eigenvalue weighted by atomic mass is 10.0. The molecule has 0 saturated carbocycles. The molecule has 3 heterocycles. The molecule has 1 N–H and O–H groups in total. The topological polar surface area (TPSA) is 63.1 Å². The average Bonchev–Trinajstić information content (AvgIpc) is 3.30. The number of amides is 1. The van der Waals surface area contributed by atoms with Crippen LogP contribution in [0.1, 0.15) is 34.5 Å². The fourth-order valence-corrected chi connectivity index (χ4v) is 3.79. The van der Waals surface area contributed by atoms with Gasteiger partial charge in [-0.15, -0.1) is 0 Å². The molecule has 3 aromatic rings. The molecule has 1 amide bonds. The zero-order chi connectivity index (χ0) is 22.6. The molecule has 0 unspecified atom stereocenters. The van der Waals surface area contributed by atoms with Gasteiger partial charge < -0.3 is 10.2 Å². The van der Waals surface area contributed by atoms with E-state index in [1.165, 1.54) is 11.8 Å². The summed E-state index contributed by atoms with van der Waals surface area (Å²) in [6.45, 7) is 2.83. The van der Waals surface area contributed by atoms with Gasteiger partial charge in [0.1, 0.15) is 0 Å². The molecule has 1 saturated heterocycles. The number of pyridine rings is 1. The third-order valence-electron chi connectivity index (χ3n) is 5.66. The van der Waals surface area contributed by atoms with Gasteiger partial charge in [0.05, 0.1) is 5.69 Å². The number of hydrogen-bond donors (Lipinski definition) is 1. The molecule has 1 aromatic carbocycles. The number of carbonyl (C=O) groups is 1. The maximum atomic E-state index is 12.7. The molecule has 9 heteroatoms. The van der Waals surface area contributed by atoms with Gasteiger partial charge in [-0.2, -0.15) is 18.3 Å². The van der Waals surface area contributed by atoms with Crippen LogP contribution in [0.15, 0.2) is 61.1 Å². The monoisotopic (exact) mass is 443 g/mol. The second-order valence-corrected chi connectivity index (χ2v) is 7.89. The van der Waals surface area contributed by atoms with Crippen molar-refractivity contribution in [3.8, 4) is 5.69 Å². The smallest absolute Gasteiger partial charge is 0.349 e. The molecule has 0 bridgehead atoms. The van der Waals surface area contributed by atoms with Crippen LogP contribution < -0.4 is 5.32 Å². The zero-order valence-corrected chi connectivity index (χ0v) is 17.4. The first kappa shape index (κ1) is 22.0. The molecule has 1 aliphatic heterocycles. The van der Waals surface area contributed by atoms with Crippen LogP contribution in [0.25, 0.3) is 5.69 Å². The first-order chi connectivity index (χ1) is 15.4. The molecule has 2 aromatic heterocycles. The number of piperidine rings is 1. The molecular formula is C23H24F3N5O. The average molecular weight is 443 g/mol. The molecule has 32 heavy (non-hydrogen) atoms. The van der Waals surface area contributed by atoms with Crippen LogP contribution in [0.2, 0.25) is 0 Å². The van der Waals surface area contributed by atoms with E-state index in [1.807, 2.05) is 12.1 Å². The van der Waals surface area contributed by atoms with Gasteiger partial charge >= 0.3 is 6.18 Å². The number of halogens is 3. The molecular weight excluding hydrogens is 419 g/mol. The van der Waals surface area contributed by atoms with Gasteiger partial charge in [0, 0.05) is 49.8 Å².